The Bertz CT molecular complexity index is 723. The number of methoxy groups -OCH3 is 1. The van der Waals surface area contributed by atoms with Crippen molar-refractivity contribution in [2.45, 2.75) is 38.1 Å². The first-order chi connectivity index (χ1) is 14.3. The van der Waals surface area contributed by atoms with Crippen LogP contribution in [0.4, 0.5) is 11.6 Å². The normalized spacial score (nSPS) is 23.0. The Morgan fingerprint density at radius 2 is 1.66 bits per heavy atom. The fourth-order valence-electron chi connectivity index (χ4n) is 4.54. The Kier molecular flexibility index (Phi) is 6.83. The lowest BCUT2D eigenvalue weighted by Gasteiger charge is -2.37. The van der Waals surface area contributed by atoms with Crippen LogP contribution in [-0.2, 0) is 0 Å². The van der Waals surface area contributed by atoms with Crippen molar-refractivity contribution in [1.29, 1.82) is 0 Å². The lowest BCUT2D eigenvalue weighted by atomic mass is 9.84. The Morgan fingerprint density at radius 3 is 2.31 bits per heavy atom. The summed E-state index contributed by atoms with van der Waals surface area (Å²) >= 11 is 0. The monoisotopic (exact) mass is 395 g/mol. The topological polar surface area (TPSA) is 53.5 Å². The average molecular weight is 396 g/mol. The van der Waals surface area contributed by atoms with Gasteiger partial charge in [0.25, 0.3) is 0 Å². The molecule has 1 aliphatic heterocycles. The second kappa shape index (κ2) is 9.92. The molecule has 6 heteroatoms. The number of anilines is 2. The summed E-state index contributed by atoms with van der Waals surface area (Å²) in [6.07, 6.45) is 10.0. The van der Waals surface area contributed by atoms with E-state index in [1.165, 1.54) is 44.3 Å². The summed E-state index contributed by atoms with van der Waals surface area (Å²) in [5.74, 6) is 2.56. The Labute approximate surface area is 174 Å². The summed E-state index contributed by atoms with van der Waals surface area (Å²) in [6.45, 7) is 5.78. The molecular formula is C23H33N5O. The van der Waals surface area contributed by atoms with Gasteiger partial charge in [0.05, 0.1) is 7.11 Å². The fourth-order valence-corrected chi connectivity index (χ4v) is 4.54. The lowest BCUT2D eigenvalue weighted by molar-refractivity contribution is 0.218. The van der Waals surface area contributed by atoms with Crippen molar-refractivity contribution in [3.63, 3.8) is 0 Å². The van der Waals surface area contributed by atoms with Gasteiger partial charge in [0.2, 0.25) is 5.95 Å². The minimum Gasteiger partial charge on any atom is -0.497 e. The summed E-state index contributed by atoms with van der Waals surface area (Å²) in [4.78, 5) is 13.7. The van der Waals surface area contributed by atoms with E-state index in [1.54, 1.807) is 19.5 Å². The molecule has 0 spiro atoms. The Hall–Kier alpha value is -2.34. The van der Waals surface area contributed by atoms with Gasteiger partial charge in [-0.2, -0.15) is 0 Å². The van der Waals surface area contributed by atoms with E-state index in [0.29, 0.717) is 6.04 Å². The predicted octanol–water partition coefficient (Wildman–Crippen LogP) is 3.67. The van der Waals surface area contributed by atoms with Crippen molar-refractivity contribution < 1.29 is 4.74 Å². The first-order valence-corrected chi connectivity index (χ1v) is 10.9. The van der Waals surface area contributed by atoms with E-state index >= 15 is 0 Å². The quantitative estimate of drug-likeness (QED) is 0.772. The van der Waals surface area contributed by atoms with E-state index in [0.717, 1.165) is 43.8 Å². The number of piperazine rings is 1. The van der Waals surface area contributed by atoms with Crippen molar-refractivity contribution in [1.82, 2.24) is 14.9 Å². The maximum atomic E-state index is 5.26. The highest BCUT2D eigenvalue weighted by Crippen LogP contribution is 2.28. The predicted molar refractivity (Wildman–Crippen MR) is 118 cm³/mol. The molecule has 0 radical (unpaired) electrons. The summed E-state index contributed by atoms with van der Waals surface area (Å²) in [6, 6.07) is 10.8. The molecule has 2 aromatic rings. The zero-order chi connectivity index (χ0) is 19.9. The number of hydrogen-bond acceptors (Lipinski definition) is 6. The lowest BCUT2D eigenvalue weighted by Crippen LogP contribution is -2.47. The number of nitrogens with zero attached hydrogens (tertiary/aromatic N) is 4. The maximum absolute atomic E-state index is 5.26. The molecule has 0 bridgehead atoms. The van der Waals surface area contributed by atoms with Gasteiger partial charge in [-0.25, -0.2) is 9.97 Å². The minimum absolute atomic E-state index is 0.529. The SMILES string of the molecule is COc1ccc(N2CCN(CC[C@H]3CC[C@H](Nc4ncccn4)CC3)CC2)cc1. The Morgan fingerprint density at radius 1 is 0.966 bits per heavy atom. The van der Waals surface area contributed by atoms with E-state index in [2.05, 4.69) is 49.4 Å². The summed E-state index contributed by atoms with van der Waals surface area (Å²) in [5, 5.41) is 3.49. The number of hydrogen-bond donors (Lipinski definition) is 1. The number of aromatic nitrogens is 2. The van der Waals surface area contributed by atoms with E-state index in [1.807, 2.05) is 6.07 Å². The third-order valence-electron chi connectivity index (χ3n) is 6.41. The first-order valence-electron chi connectivity index (χ1n) is 10.9. The van der Waals surface area contributed by atoms with Crippen LogP contribution in [0.15, 0.2) is 42.7 Å². The van der Waals surface area contributed by atoms with E-state index in [9.17, 15) is 0 Å². The molecule has 29 heavy (non-hydrogen) atoms. The number of benzene rings is 1. The highest BCUT2D eigenvalue weighted by Gasteiger charge is 2.23. The van der Waals surface area contributed by atoms with Crippen LogP contribution in [0.5, 0.6) is 5.75 Å². The minimum atomic E-state index is 0.529. The molecule has 1 saturated carbocycles. The van der Waals surface area contributed by atoms with Gasteiger partial charge in [-0.05, 0) is 74.9 Å². The molecule has 2 fully saturated rings. The summed E-state index contributed by atoms with van der Waals surface area (Å²) in [7, 11) is 1.72. The van der Waals surface area contributed by atoms with Gasteiger partial charge in [-0.1, -0.05) is 0 Å². The zero-order valence-corrected chi connectivity index (χ0v) is 17.5. The highest BCUT2D eigenvalue weighted by molar-refractivity contribution is 5.49. The van der Waals surface area contributed by atoms with Crippen molar-refractivity contribution in [3.8, 4) is 5.75 Å². The van der Waals surface area contributed by atoms with Gasteiger partial charge >= 0.3 is 0 Å². The molecule has 1 saturated heterocycles. The van der Waals surface area contributed by atoms with Crippen LogP contribution >= 0.6 is 0 Å². The smallest absolute Gasteiger partial charge is 0.222 e. The fraction of sp³-hybridized carbons (Fsp3) is 0.565. The average Bonchev–Trinajstić information content (AvgIpc) is 2.80. The van der Waals surface area contributed by atoms with E-state index in [4.69, 9.17) is 4.74 Å². The van der Waals surface area contributed by atoms with Crippen LogP contribution in [0, 0.1) is 5.92 Å². The molecule has 2 heterocycles. The van der Waals surface area contributed by atoms with Crippen molar-refractivity contribution in [2.75, 3.05) is 50.1 Å². The molecule has 4 rings (SSSR count). The van der Waals surface area contributed by atoms with Crippen molar-refractivity contribution in [3.05, 3.63) is 42.7 Å². The van der Waals surface area contributed by atoms with Gasteiger partial charge in [0, 0.05) is 50.3 Å². The second-order valence-electron chi connectivity index (χ2n) is 8.25. The largest absolute Gasteiger partial charge is 0.497 e. The Balaban J connectivity index is 1.14. The van der Waals surface area contributed by atoms with E-state index < -0.39 is 0 Å². The number of nitrogens with one attached hydrogen (secondary N) is 1. The molecule has 0 unspecified atom stereocenters. The molecule has 156 valence electrons. The molecule has 1 N–H and O–H groups in total. The molecule has 1 aliphatic carbocycles. The highest BCUT2D eigenvalue weighted by atomic mass is 16.5. The third-order valence-corrected chi connectivity index (χ3v) is 6.41. The molecule has 1 aromatic carbocycles. The second-order valence-corrected chi connectivity index (χ2v) is 8.25. The third kappa shape index (κ3) is 5.60. The molecule has 6 nitrogen and oxygen atoms in total. The standard InChI is InChI=1S/C23H33N5O/c1-29-22-9-7-21(8-10-22)28-17-15-27(16-18-28)14-11-19-3-5-20(6-4-19)26-23-24-12-2-13-25-23/h2,7-10,12-13,19-20H,3-6,11,14-18H2,1H3,(H,24,25,26)/t19-,20-. The zero-order valence-electron chi connectivity index (χ0n) is 17.5. The van der Waals surface area contributed by atoms with Crippen LogP contribution in [0.2, 0.25) is 0 Å². The molecule has 0 atom stereocenters. The molecular weight excluding hydrogens is 362 g/mol. The molecule has 1 aromatic heterocycles. The van der Waals surface area contributed by atoms with Crippen LogP contribution < -0.4 is 15.0 Å². The summed E-state index contributed by atoms with van der Waals surface area (Å²) < 4.78 is 5.26. The van der Waals surface area contributed by atoms with Gasteiger partial charge in [0.15, 0.2) is 0 Å². The maximum Gasteiger partial charge on any atom is 0.222 e. The van der Waals surface area contributed by atoms with Gasteiger partial charge < -0.3 is 15.0 Å². The van der Waals surface area contributed by atoms with Crippen LogP contribution in [0.3, 0.4) is 0 Å². The van der Waals surface area contributed by atoms with Crippen LogP contribution in [-0.4, -0.2) is 60.7 Å². The summed E-state index contributed by atoms with van der Waals surface area (Å²) in [5.41, 5.74) is 1.30. The van der Waals surface area contributed by atoms with Crippen molar-refractivity contribution >= 4 is 11.6 Å². The van der Waals surface area contributed by atoms with Gasteiger partial charge in [-0.15, -0.1) is 0 Å². The first kappa shape index (κ1) is 20.0. The number of ether oxygens (including phenoxy) is 1. The van der Waals surface area contributed by atoms with Gasteiger partial charge in [-0.3, -0.25) is 4.90 Å². The van der Waals surface area contributed by atoms with Crippen LogP contribution in [0.1, 0.15) is 32.1 Å². The number of rotatable bonds is 7. The molecule has 2 aliphatic rings. The van der Waals surface area contributed by atoms with Crippen LogP contribution in [0.25, 0.3) is 0 Å². The van der Waals surface area contributed by atoms with E-state index in [-0.39, 0.29) is 0 Å². The van der Waals surface area contributed by atoms with Crippen molar-refractivity contribution in [2.24, 2.45) is 5.92 Å². The molecule has 0 amide bonds. The van der Waals surface area contributed by atoms with Gasteiger partial charge in [0.1, 0.15) is 5.75 Å².